The number of nitrogens with one attached hydrogen (secondary N) is 2. The van der Waals surface area contributed by atoms with Crippen molar-refractivity contribution >= 4 is 23.0 Å². The number of rotatable bonds is 7. The second kappa shape index (κ2) is 9.23. The molecule has 0 saturated carbocycles. The highest BCUT2D eigenvalue weighted by Gasteiger charge is 2.18. The van der Waals surface area contributed by atoms with E-state index in [1.54, 1.807) is 6.08 Å². The average Bonchev–Trinajstić information content (AvgIpc) is 2.59. The van der Waals surface area contributed by atoms with E-state index in [0.29, 0.717) is 17.6 Å². The first-order valence-electron chi connectivity index (χ1n) is 8.48. The minimum atomic E-state index is 0.163. The summed E-state index contributed by atoms with van der Waals surface area (Å²) >= 11 is 5.51. The molecule has 25 heavy (non-hydrogen) atoms. The van der Waals surface area contributed by atoms with Crippen LogP contribution in [0.3, 0.4) is 0 Å². The summed E-state index contributed by atoms with van der Waals surface area (Å²) in [5, 5.41) is 7.30. The zero-order valence-corrected chi connectivity index (χ0v) is 15.9. The van der Waals surface area contributed by atoms with Crippen LogP contribution in [0.25, 0.3) is 0 Å². The molecule has 0 aromatic heterocycles. The minimum Gasteiger partial charge on any atom is -0.490 e. The van der Waals surface area contributed by atoms with Crippen LogP contribution in [0.5, 0.6) is 5.75 Å². The van der Waals surface area contributed by atoms with Crippen molar-refractivity contribution < 1.29 is 4.74 Å². The van der Waals surface area contributed by atoms with Gasteiger partial charge in [0.05, 0.1) is 6.04 Å². The van der Waals surface area contributed by atoms with Gasteiger partial charge in [-0.2, -0.15) is 0 Å². The van der Waals surface area contributed by atoms with Gasteiger partial charge in [-0.1, -0.05) is 50.8 Å². The maximum atomic E-state index is 5.51. The number of anilines is 1. The van der Waals surface area contributed by atoms with Crippen molar-refractivity contribution in [1.29, 1.82) is 0 Å². The van der Waals surface area contributed by atoms with Crippen LogP contribution in [0.2, 0.25) is 0 Å². The van der Waals surface area contributed by atoms with E-state index in [1.165, 1.54) is 11.1 Å². The zero-order chi connectivity index (χ0) is 18.2. The van der Waals surface area contributed by atoms with Gasteiger partial charge in [0.1, 0.15) is 12.4 Å². The van der Waals surface area contributed by atoms with Crippen molar-refractivity contribution in [3.05, 3.63) is 72.3 Å². The van der Waals surface area contributed by atoms with Crippen molar-refractivity contribution in [3.8, 4) is 5.75 Å². The lowest BCUT2D eigenvalue weighted by Gasteiger charge is -2.26. The summed E-state index contributed by atoms with van der Waals surface area (Å²) in [7, 11) is 0. The van der Waals surface area contributed by atoms with E-state index >= 15 is 0 Å². The fourth-order valence-corrected chi connectivity index (χ4v) is 2.88. The second-order valence-electron chi connectivity index (χ2n) is 6.30. The highest BCUT2D eigenvalue weighted by atomic mass is 32.1. The van der Waals surface area contributed by atoms with Crippen LogP contribution in [0.4, 0.5) is 5.69 Å². The molecule has 2 N–H and O–H groups in total. The third-order valence-corrected chi connectivity index (χ3v) is 4.18. The largest absolute Gasteiger partial charge is 0.490 e. The van der Waals surface area contributed by atoms with Crippen LogP contribution in [-0.2, 0) is 0 Å². The number of hydrogen-bond donors (Lipinski definition) is 2. The van der Waals surface area contributed by atoms with Gasteiger partial charge >= 0.3 is 0 Å². The van der Waals surface area contributed by atoms with Gasteiger partial charge in [0.15, 0.2) is 5.11 Å². The monoisotopic (exact) mass is 354 g/mol. The first kappa shape index (κ1) is 19.0. The van der Waals surface area contributed by atoms with Gasteiger partial charge in [-0.25, -0.2) is 0 Å². The molecule has 0 amide bonds. The van der Waals surface area contributed by atoms with Gasteiger partial charge < -0.3 is 15.4 Å². The molecule has 0 spiro atoms. The van der Waals surface area contributed by atoms with Crippen LogP contribution in [0.1, 0.15) is 31.0 Å². The van der Waals surface area contributed by atoms with Crippen LogP contribution in [0, 0.1) is 12.8 Å². The Kier molecular flexibility index (Phi) is 7.02. The number of aryl methyl sites for hydroxylation is 1. The smallest absolute Gasteiger partial charge is 0.171 e. The van der Waals surface area contributed by atoms with Gasteiger partial charge in [-0.3, -0.25) is 0 Å². The molecule has 0 radical (unpaired) electrons. The Labute approximate surface area is 156 Å². The molecular weight excluding hydrogens is 328 g/mol. The number of ether oxygens (including phenoxy) is 1. The van der Waals surface area contributed by atoms with E-state index in [2.05, 4.69) is 62.2 Å². The zero-order valence-electron chi connectivity index (χ0n) is 15.1. The molecular formula is C21H26N2OS. The fourth-order valence-electron chi connectivity index (χ4n) is 2.64. The molecule has 1 unspecified atom stereocenters. The summed E-state index contributed by atoms with van der Waals surface area (Å²) in [6, 6.07) is 16.3. The summed E-state index contributed by atoms with van der Waals surface area (Å²) in [6.07, 6.45) is 1.73. The summed E-state index contributed by atoms with van der Waals surface area (Å²) in [5.41, 5.74) is 3.46. The number of benzene rings is 2. The Morgan fingerprint density at radius 2 is 1.84 bits per heavy atom. The maximum Gasteiger partial charge on any atom is 0.171 e. The Morgan fingerprint density at radius 3 is 2.44 bits per heavy atom. The van der Waals surface area contributed by atoms with Gasteiger partial charge in [0, 0.05) is 5.69 Å². The van der Waals surface area contributed by atoms with Crippen LogP contribution < -0.4 is 15.4 Å². The summed E-state index contributed by atoms with van der Waals surface area (Å²) in [4.78, 5) is 0. The summed E-state index contributed by atoms with van der Waals surface area (Å²) in [5.74, 6) is 1.22. The predicted molar refractivity (Wildman–Crippen MR) is 110 cm³/mol. The van der Waals surface area contributed by atoms with Gasteiger partial charge in [0.25, 0.3) is 0 Å². The van der Waals surface area contributed by atoms with E-state index < -0.39 is 0 Å². The van der Waals surface area contributed by atoms with E-state index in [1.807, 2.05) is 24.3 Å². The van der Waals surface area contributed by atoms with E-state index in [0.717, 1.165) is 11.4 Å². The van der Waals surface area contributed by atoms with Crippen LogP contribution in [0.15, 0.2) is 61.2 Å². The molecule has 2 rings (SSSR count). The Hall–Kier alpha value is -2.33. The first-order chi connectivity index (χ1) is 12.0. The van der Waals surface area contributed by atoms with Gasteiger partial charge in [-0.05, 0) is 60.5 Å². The third kappa shape index (κ3) is 5.61. The lowest BCUT2D eigenvalue weighted by atomic mass is 9.93. The Morgan fingerprint density at radius 1 is 1.16 bits per heavy atom. The fraction of sp³-hybridized carbons (Fsp3) is 0.286. The van der Waals surface area contributed by atoms with Crippen molar-refractivity contribution in [2.75, 3.05) is 11.9 Å². The van der Waals surface area contributed by atoms with Crippen molar-refractivity contribution in [2.45, 2.75) is 26.8 Å². The Balaban J connectivity index is 2.02. The number of hydrogen-bond acceptors (Lipinski definition) is 2. The Bertz CT molecular complexity index is 710. The topological polar surface area (TPSA) is 33.3 Å². The quantitative estimate of drug-likeness (QED) is 0.526. The normalized spacial score (nSPS) is 11.7. The standard InChI is InChI=1S/C21H26N2OS/c1-5-14-24-18-12-10-17(11-13-18)22-21(25)23-20(15(2)3)19-9-7-6-8-16(19)4/h5-13,15,20H,1,14H2,2-4H3,(H2,22,23,25). The van der Waals surface area contributed by atoms with Gasteiger partial charge in [-0.15, -0.1) is 0 Å². The molecule has 1 atom stereocenters. The molecule has 2 aromatic carbocycles. The molecule has 0 aliphatic heterocycles. The SMILES string of the molecule is C=CCOc1ccc(NC(=S)NC(c2ccccc2C)C(C)C)cc1. The first-order valence-corrected chi connectivity index (χ1v) is 8.89. The minimum absolute atomic E-state index is 0.163. The van der Waals surface area contributed by atoms with Crippen molar-refractivity contribution in [3.63, 3.8) is 0 Å². The lowest BCUT2D eigenvalue weighted by molar-refractivity contribution is 0.363. The molecule has 0 heterocycles. The van der Waals surface area contributed by atoms with Crippen LogP contribution in [-0.4, -0.2) is 11.7 Å². The molecule has 132 valence electrons. The molecule has 0 aliphatic carbocycles. The maximum absolute atomic E-state index is 5.51. The summed E-state index contributed by atoms with van der Waals surface area (Å²) < 4.78 is 5.49. The highest BCUT2D eigenvalue weighted by molar-refractivity contribution is 7.80. The van der Waals surface area contributed by atoms with E-state index in [-0.39, 0.29) is 6.04 Å². The van der Waals surface area contributed by atoms with Crippen LogP contribution >= 0.6 is 12.2 Å². The molecule has 0 fully saturated rings. The molecule has 0 saturated heterocycles. The molecule has 3 nitrogen and oxygen atoms in total. The second-order valence-corrected chi connectivity index (χ2v) is 6.71. The van der Waals surface area contributed by atoms with Crippen molar-refractivity contribution in [1.82, 2.24) is 5.32 Å². The number of thiocarbonyl (C=S) groups is 1. The third-order valence-electron chi connectivity index (χ3n) is 3.96. The molecule has 2 aromatic rings. The predicted octanol–water partition coefficient (Wildman–Crippen LogP) is 5.24. The molecule has 0 bridgehead atoms. The van der Waals surface area contributed by atoms with E-state index in [9.17, 15) is 0 Å². The lowest BCUT2D eigenvalue weighted by Crippen LogP contribution is -2.35. The highest BCUT2D eigenvalue weighted by Crippen LogP contribution is 2.25. The van der Waals surface area contributed by atoms with Gasteiger partial charge in [0.2, 0.25) is 0 Å². The average molecular weight is 355 g/mol. The summed E-state index contributed by atoms with van der Waals surface area (Å²) in [6.45, 7) is 10.7. The molecule has 4 heteroatoms. The molecule has 0 aliphatic rings. The van der Waals surface area contributed by atoms with Crippen molar-refractivity contribution in [2.24, 2.45) is 5.92 Å². The van der Waals surface area contributed by atoms with E-state index in [4.69, 9.17) is 17.0 Å².